The van der Waals surface area contributed by atoms with Crippen molar-refractivity contribution in [2.45, 2.75) is 12.5 Å². The van der Waals surface area contributed by atoms with Crippen molar-refractivity contribution >= 4 is 23.1 Å². The van der Waals surface area contributed by atoms with E-state index in [2.05, 4.69) is 9.98 Å². The smallest absolute Gasteiger partial charge is 0.328 e. The van der Waals surface area contributed by atoms with Crippen LogP contribution < -0.4 is 11.2 Å². The van der Waals surface area contributed by atoms with Gasteiger partial charge in [-0.25, -0.2) is 9.59 Å². The molecule has 2 heterocycles. The Morgan fingerprint density at radius 3 is 2.72 bits per heavy atom. The number of rotatable bonds is 5. The summed E-state index contributed by atoms with van der Waals surface area (Å²) < 4.78 is 0. The van der Waals surface area contributed by atoms with Crippen molar-refractivity contribution in [3.05, 3.63) is 62.4 Å². The SMILES string of the molecule is O=C(O)[C@H](Cc1c[nH]c2ccccc12)N=Cc1c(O)[nH]c(=O)[nH]c1=O. The Balaban J connectivity index is 1.91. The van der Waals surface area contributed by atoms with Crippen LogP contribution in [0.3, 0.4) is 0 Å². The lowest BCUT2D eigenvalue weighted by Crippen LogP contribution is -2.26. The number of carbonyl (C=O) groups is 1. The number of hydrogen-bond donors (Lipinski definition) is 5. The highest BCUT2D eigenvalue weighted by atomic mass is 16.4. The summed E-state index contributed by atoms with van der Waals surface area (Å²) in [4.78, 5) is 45.0. The Morgan fingerprint density at radius 2 is 2.00 bits per heavy atom. The van der Waals surface area contributed by atoms with Crippen LogP contribution in [0.25, 0.3) is 10.9 Å². The van der Waals surface area contributed by atoms with Gasteiger partial charge in [-0.3, -0.25) is 19.8 Å². The molecule has 0 saturated carbocycles. The molecule has 0 aliphatic heterocycles. The molecule has 3 aromatic rings. The monoisotopic (exact) mass is 342 g/mol. The number of carboxylic acid groups (broad SMARTS) is 1. The largest absolute Gasteiger partial charge is 0.494 e. The summed E-state index contributed by atoms with van der Waals surface area (Å²) in [7, 11) is 0. The number of carboxylic acids is 1. The van der Waals surface area contributed by atoms with Gasteiger partial charge in [0.2, 0.25) is 5.88 Å². The summed E-state index contributed by atoms with van der Waals surface area (Å²) in [5.74, 6) is -1.85. The fourth-order valence-electron chi connectivity index (χ4n) is 2.48. The number of nitrogens with one attached hydrogen (secondary N) is 3. The summed E-state index contributed by atoms with van der Waals surface area (Å²) in [6, 6.07) is 6.28. The molecule has 0 aliphatic rings. The second kappa shape index (κ2) is 6.48. The molecule has 9 heteroatoms. The maximum absolute atomic E-state index is 11.7. The molecule has 1 aromatic carbocycles. The summed E-state index contributed by atoms with van der Waals surface area (Å²) >= 11 is 0. The Labute approximate surface area is 139 Å². The number of aromatic amines is 3. The molecule has 0 amide bonds. The lowest BCUT2D eigenvalue weighted by atomic mass is 10.1. The molecule has 0 spiro atoms. The van der Waals surface area contributed by atoms with Gasteiger partial charge in [-0.2, -0.15) is 0 Å². The molecule has 0 fully saturated rings. The zero-order chi connectivity index (χ0) is 18.0. The van der Waals surface area contributed by atoms with Gasteiger partial charge in [-0.05, 0) is 11.6 Å². The van der Waals surface area contributed by atoms with E-state index in [-0.39, 0.29) is 12.0 Å². The molecule has 1 atom stereocenters. The third-order valence-electron chi connectivity index (χ3n) is 3.72. The van der Waals surface area contributed by atoms with Crippen LogP contribution in [-0.4, -0.2) is 43.4 Å². The van der Waals surface area contributed by atoms with Gasteiger partial charge < -0.3 is 15.2 Å². The van der Waals surface area contributed by atoms with Crippen LogP contribution >= 0.6 is 0 Å². The molecule has 0 bridgehead atoms. The standard InChI is InChI=1S/C16H14N4O5/c21-13-10(14(22)20-16(25)19-13)7-18-12(15(23)24)5-8-6-17-11-4-2-1-3-9(8)11/h1-4,6-7,12,17H,5H2,(H,23,24)(H3,19,20,21,22,25)/t12-/m0/s1. The van der Waals surface area contributed by atoms with Crippen molar-refractivity contribution in [1.82, 2.24) is 15.0 Å². The van der Waals surface area contributed by atoms with Gasteiger partial charge in [0.05, 0.1) is 0 Å². The van der Waals surface area contributed by atoms with Gasteiger partial charge in [-0.1, -0.05) is 18.2 Å². The van der Waals surface area contributed by atoms with Crippen molar-refractivity contribution in [3.8, 4) is 5.88 Å². The van der Waals surface area contributed by atoms with E-state index in [1.165, 1.54) is 0 Å². The Bertz CT molecular complexity index is 1080. The number of aliphatic imine (C=N–C) groups is 1. The van der Waals surface area contributed by atoms with E-state index in [1.54, 1.807) is 6.20 Å². The number of para-hydroxylation sites is 1. The van der Waals surface area contributed by atoms with Gasteiger partial charge in [0.1, 0.15) is 5.56 Å². The molecule has 0 aliphatic carbocycles. The third-order valence-corrected chi connectivity index (χ3v) is 3.72. The number of benzene rings is 1. The van der Waals surface area contributed by atoms with Crippen molar-refractivity contribution in [2.75, 3.05) is 0 Å². The van der Waals surface area contributed by atoms with Crippen LogP contribution in [0.4, 0.5) is 0 Å². The lowest BCUT2D eigenvalue weighted by Gasteiger charge is -2.06. The highest BCUT2D eigenvalue weighted by molar-refractivity contribution is 5.87. The van der Waals surface area contributed by atoms with Crippen molar-refractivity contribution in [2.24, 2.45) is 4.99 Å². The molecular formula is C16H14N4O5. The van der Waals surface area contributed by atoms with E-state index in [4.69, 9.17) is 0 Å². The molecule has 0 unspecified atom stereocenters. The maximum Gasteiger partial charge on any atom is 0.328 e. The predicted octanol–water partition coefficient (Wildman–Crippen LogP) is 0.365. The maximum atomic E-state index is 11.7. The quantitative estimate of drug-likeness (QED) is 0.424. The van der Waals surface area contributed by atoms with Gasteiger partial charge in [0, 0.05) is 29.7 Å². The van der Waals surface area contributed by atoms with E-state index < -0.39 is 29.1 Å². The van der Waals surface area contributed by atoms with Crippen LogP contribution in [0.2, 0.25) is 0 Å². The second-order valence-corrected chi connectivity index (χ2v) is 5.37. The molecule has 3 rings (SSSR count). The van der Waals surface area contributed by atoms with Gasteiger partial charge in [0.25, 0.3) is 5.56 Å². The average Bonchev–Trinajstić information content (AvgIpc) is 2.95. The topological polar surface area (TPSA) is 151 Å². The number of H-pyrrole nitrogens is 3. The lowest BCUT2D eigenvalue weighted by molar-refractivity contribution is -0.138. The van der Waals surface area contributed by atoms with Crippen LogP contribution in [0.15, 0.2) is 45.0 Å². The highest BCUT2D eigenvalue weighted by Gasteiger charge is 2.19. The van der Waals surface area contributed by atoms with Crippen molar-refractivity contribution < 1.29 is 15.0 Å². The molecule has 128 valence electrons. The molecule has 5 N–H and O–H groups in total. The summed E-state index contributed by atoms with van der Waals surface area (Å²) in [5.41, 5.74) is -0.403. The number of aromatic nitrogens is 3. The first-order chi connectivity index (χ1) is 12.0. The van der Waals surface area contributed by atoms with Crippen LogP contribution in [-0.2, 0) is 11.2 Å². The van der Waals surface area contributed by atoms with E-state index in [0.717, 1.165) is 22.7 Å². The first-order valence-corrected chi connectivity index (χ1v) is 7.32. The van der Waals surface area contributed by atoms with Crippen molar-refractivity contribution in [1.29, 1.82) is 0 Å². The molecular weight excluding hydrogens is 328 g/mol. The van der Waals surface area contributed by atoms with Gasteiger partial charge in [-0.15, -0.1) is 0 Å². The average molecular weight is 342 g/mol. The predicted molar refractivity (Wildman–Crippen MR) is 90.4 cm³/mol. The molecule has 2 aromatic heterocycles. The summed E-state index contributed by atoms with van der Waals surface area (Å²) in [6.45, 7) is 0. The van der Waals surface area contributed by atoms with Gasteiger partial charge >= 0.3 is 11.7 Å². The number of aliphatic carboxylic acids is 1. The molecule has 0 saturated heterocycles. The zero-order valence-electron chi connectivity index (χ0n) is 12.8. The number of hydrogen-bond acceptors (Lipinski definition) is 5. The fourth-order valence-corrected chi connectivity index (χ4v) is 2.48. The third kappa shape index (κ3) is 3.34. The highest BCUT2D eigenvalue weighted by Crippen LogP contribution is 2.20. The first kappa shape index (κ1) is 16.2. The Morgan fingerprint density at radius 1 is 1.24 bits per heavy atom. The Kier molecular flexibility index (Phi) is 4.21. The normalized spacial score (nSPS) is 12.6. The number of aromatic hydroxyl groups is 1. The number of nitrogens with zero attached hydrogens (tertiary/aromatic N) is 1. The summed E-state index contributed by atoms with van der Waals surface area (Å²) in [6.07, 6.45) is 2.75. The number of fused-ring (bicyclic) bond motifs is 1. The van der Waals surface area contributed by atoms with Crippen LogP contribution in [0.5, 0.6) is 5.88 Å². The van der Waals surface area contributed by atoms with E-state index in [9.17, 15) is 24.6 Å². The van der Waals surface area contributed by atoms with Crippen LogP contribution in [0.1, 0.15) is 11.1 Å². The molecule has 0 radical (unpaired) electrons. The van der Waals surface area contributed by atoms with Crippen LogP contribution in [0, 0.1) is 0 Å². The Hall–Kier alpha value is -3.62. The molecule has 25 heavy (non-hydrogen) atoms. The minimum Gasteiger partial charge on any atom is -0.494 e. The first-order valence-electron chi connectivity index (χ1n) is 7.32. The van der Waals surface area contributed by atoms with E-state index >= 15 is 0 Å². The minimum absolute atomic E-state index is 0.0951. The summed E-state index contributed by atoms with van der Waals surface area (Å²) in [5, 5.41) is 19.9. The molecule has 9 nitrogen and oxygen atoms in total. The van der Waals surface area contributed by atoms with Gasteiger partial charge in [0.15, 0.2) is 6.04 Å². The van der Waals surface area contributed by atoms with E-state index in [1.807, 2.05) is 34.2 Å². The minimum atomic E-state index is -1.18. The van der Waals surface area contributed by atoms with Crippen molar-refractivity contribution in [3.63, 3.8) is 0 Å². The van der Waals surface area contributed by atoms with E-state index in [0.29, 0.717) is 0 Å². The fraction of sp³-hybridized carbons (Fsp3) is 0.125. The second-order valence-electron chi connectivity index (χ2n) is 5.37. The zero-order valence-corrected chi connectivity index (χ0v) is 12.8.